The predicted octanol–water partition coefficient (Wildman–Crippen LogP) is 5.55. The van der Waals surface area contributed by atoms with Crippen LogP contribution in [0.1, 0.15) is 28.9 Å². The number of fused-ring (bicyclic) bond motifs is 1. The molecule has 0 spiro atoms. The molecule has 1 fully saturated rings. The number of anilines is 1. The highest BCUT2D eigenvalue weighted by molar-refractivity contribution is 9.10. The molecule has 3 nitrogen and oxygen atoms in total. The maximum Gasteiger partial charge on any atom is 0.174 e. The first-order valence-electron chi connectivity index (χ1n) is 8.57. The Morgan fingerprint density at radius 3 is 2.76 bits per heavy atom. The van der Waals surface area contributed by atoms with Gasteiger partial charge in [0, 0.05) is 41.3 Å². The molecule has 1 aliphatic heterocycles. The van der Waals surface area contributed by atoms with E-state index in [1.807, 2.05) is 23.7 Å². The average Bonchev–Trinajstić information content (AvgIpc) is 3.08. The van der Waals surface area contributed by atoms with E-state index in [0.717, 1.165) is 40.8 Å². The van der Waals surface area contributed by atoms with Crippen LogP contribution in [-0.2, 0) is 0 Å². The summed E-state index contributed by atoms with van der Waals surface area (Å²) in [5.74, 6) is 0.750. The van der Waals surface area contributed by atoms with Crippen LogP contribution in [0.4, 0.5) is 5.69 Å². The quantitative estimate of drug-likeness (QED) is 0.524. The van der Waals surface area contributed by atoms with Gasteiger partial charge in [-0.15, -0.1) is 11.3 Å². The van der Waals surface area contributed by atoms with Gasteiger partial charge in [-0.3, -0.25) is 9.78 Å². The topological polar surface area (TPSA) is 33.2 Å². The normalized spacial score (nSPS) is 15.6. The van der Waals surface area contributed by atoms with Crippen LogP contribution < -0.4 is 4.90 Å². The van der Waals surface area contributed by atoms with E-state index in [4.69, 9.17) is 0 Å². The van der Waals surface area contributed by atoms with Gasteiger partial charge in [0.15, 0.2) is 5.78 Å². The van der Waals surface area contributed by atoms with Crippen LogP contribution in [0, 0.1) is 5.92 Å². The molecular weight excluding hydrogens is 396 g/mol. The Balaban J connectivity index is 1.43. The zero-order chi connectivity index (χ0) is 17.2. The Labute approximate surface area is 159 Å². The smallest absolute Gasteiger partial charge is 0.174 e. The summed E-state index contributed by atoms with van der Waals surface area (Å²) in [5.41, 5.74) is 2.30. The molecule has 0 aliphatic carbocycles. The number of Topliss-reactive ketones (excluding diaryl/α,β-unsaturated/α-hetero) is 1. The van der Waals surface area contributed by atoms with Gasteiger partial charge < -0.3 is 4.90 Å². The summed E-state index contributed by atoms with van der Waals surface area (Å²) in [4.78, 5) is 20.2. The number of piperidine rings is 1. The van der Waals surface area contributed by atoms with Crippen LogP contribution in [-0.4, -0.2) is 23.9 Å². The van der Waals surface area contributed by atoms with Gasteiger partial charge in [0.05, 0.1) is 10.4 Å². The van der Waals surface area contributed by atoms with Crippen molar-refractivity contribution in [2.24, 2.45) is 5.92 Å². The minimum Gasteiger partial charge on any atom is -0.371 e. The molecule has 0 atom stereocenters. The van der Waals surface area contributed by atoms with Crippen molar-refractivity contribution < 1.29 is 4.79 Å². The lowest BCUT2D eigenvalue weighted by Crippen LogP contribution is -2.34. The number of ketones is 1. The molecule has 1 aromatic carbocycles. The van der Waals surface area contributed by atoms with E-state index in [1.54, 1.807) is 0 Å². The van der Waals surface area contributed by atoms with Crippen molar-refractivity contribution >= 4 is 49.6 Å². The lowest BCUT2D eigenvalue weighted by Gasteiger charge is -2.34. The van der Waals surface area contributed by atoms with E-state index in [1.165, 1.54) is 22.4 Å². The van der Waals surface area contributed by atoms with Crippen LogP contribution >= 0.6 is 27.3 Å². The van der Waals surface area contributed by atoms with E-state index in [0.29, 0.717) is 12.3 Å². The third-order valence-electron chi connectivity index (χ3n) is 4.93. The van der Waals surface area contributed by atoms with Gasteiger partial charge >= 0.3 is 0 Å². The first-order valence-corrected chi connectivity index (χ1v) is 10.2. The number of para-hydroxylation sites is 1. The van der Waals surface area contributed by atoms with Crippen molar-refractivity contribution in [3.63, 3.8) is 0 Å². The number of nitrogens with zero attached hydrogens (tertiary/aromatic N) is 2. The number of halogens is 1. The van der Waals surface area contributed by atoms with Gasteiger partial charge in [-0.25, -0.2) is 0 Å². The fraction of sp³-hybridized carbons (Fsp3) is 0.300. The number of hydrogen-bond donors (Lipinski definition) is 0. The molecule has 1 saturated heterocycles. The summed E-state index contributed by atoms with van der Waals surface area (Å²) in [7, 11) is 0. The fourth-order valence-electron chi connectivity index (χ4n) is 3.58. The Morgan fingerprint density at radius 1 is 1.20 bits per heavy atom. The summed E-state index contributed by atoms with van der Waals surface area (Å²) in [6.45, 7) is 2.00. The maximum atomic E-state index is 12.5. The second-order valence-corrected chi connectivity index (χ2v) is 8.27. The highest BCUT2D eigenvalue weighted by Crippen LogP contribution is 2.32. The second kappa shape index (κ2) is 7.26. The number of carbonyl (C=O) groups is 1. The lowest BCUT2D eigenvalue weighted by molar-refractivity contribution is 0.0957. The van der Waals surface area contributed by atoms with Crippen molar-refractivity contribution in [1.82, 2.24) is 4.98 Å². The van der Waals surface area contributed by atoms with Crippen LogP contribution in [0.15, 0.2) is 52.4 Å². The lowest BCUT2D eigenvalue weighted by atomic mass is 9.91. The summed E-state index contributed by atoms with van der Waals surface area (Å²) < 4.78 is 0.934. The molecule has 3 aromatic rings. The van der Waals surface area contributed by atoms with E-state index < -0.39 is 0 Å². The van der Waals surface area contributed by atoms with Crippen molar-refractivity contribution in [3.8, 4) is 0 Å². The van der Waals surface area contributed by atoms with Crippen LogP contribution in [0.25, 0.3) is 10.9 Å². The fourth-order valence-corrected chi connectivity index (χ4v) is 5.13. The summed E-state index contributed by atoms with van der Waals surface area (Å²) in [6.07, 6.45) is 4.67. The maximum absolute atomic E-state index is 12.5. The van der Waals surface area contributed by atoms with E-state index in [9.17, 15) is 4.79 Å². The van der Waals surface area contributed by atoms with Gasteiger partial charge in [0.2, 0.25) is 0 Å². The molecule has 5 heteroatoms. The van der Waals surface area contributed by atoms with E-state index in [-0.39, 0.29) is 5.78 Å². The second-order valence-electron chi connectivity index (χ2n) is 6.50. The van der Waals surface area contributed by atoms with Gasteiger partial charge in [0.25, 0.3) is 0 Å². The molecule has 3 heterocycles. The largest absolute Gasteiger partial charge is 0.371 e. The highest BCUT2D eigenvalue weighted by atomic mass is 79.9. The standard InChI is InChI=1S/C20H19BrN2OS/c21-16-8-12-25-20(16)19(24)13-14-6-10-23(11-7-14)18-5-9-22-17-4-2-1-3-15(17)18/h1-5,8-9,12,14H,6-7,10-11,13H2. The van der Waals surface area contributed by atoms with Crippen molar-refractivity contribution in [2.45, 2.75) is 19.3 Å². The molecule has 4 rings (SSSR count). The molecule has 0 unspecified atom stereocenters. The number of aromatic nitrogens is 1. The molecule has 0 bridgehead atoms. The Hall–Kier alpha value is -1.72. The molecule has 0 radical (unpaired) electrons. The molecule has 1 aliphatic rings. The number of thiophene rings is 1. The Kier molecular flexibility index (Phi) is 4.86. The van der Waals surface area contributed by atoms with Crippen LogP contribution in [0.3, 0.4) is 0 Å². The molecule has 128 valence electrons. The Bertz CT molecular complexity index is 894. The van der Waals surface area contributed by atoms with E-state index >= 15 is 0 Å². The number of hydrogen-bond acceptors (Lipinski definition) is 4. The molecule has 25 heavy (non-hydrogen) atoms. The molecule has 0 saturated carbocycles. The third-order valence-corrected chi connectivity index (χ3v) is 6.80. The van der Waals surface area contributed by atoms with Crippen LogP contribution in [0.5, 0.6) is 0 Å². The summed E-state index contributed by atoms with van der Waals surface area (Å²) in [6, 6.07) is 12.4. The van der Waals surface area contributed by atoms with Crippen molar-refractivity contribution in [3.05, 3.63) is 57.3 Å². The zero-order valence-electron chi connectivity index (χ0n) is 13.8. The third kappa shape index (κ3) is 3.48. The number of carbonyl (C=O) groups excluding carboxylic acids is 1. The molecule has 2 aromatic heterocycles. The number of rotatable bonds is 4. The molecule has 0 N–H and O–H groups in total. The first-order chi connectivity index (χ1) is 12.2. The van der Waals surface area contributed by atoms with Gasteiger partial charge in [-0.1, -0.05) is 18.2 Å². The van der Waals surface area contributed by atoms with E-state index in [2.05, 4.69) is 50.1 Å². The Morgan fingerprint density at radius 2 is 2.00 bits per heavy atom. The molecular formula is C20H19BrN2OS. The highest BCUT2D eigenvalue weighted by Gasteiger charge is 2.24. The SMILES string of the molecule is O=C(CC1CCN(c2ccnc3ccccc23)CC1)c1sccc1Br. The van der Waals surface area contributed by atoms with Crippen LogP contribution in [0.2, 0.25) is 0 Å². The van der Waals surface area contributed by atoms with Crippen molar-refractivity contribution in [2.75, 3.05) is 18.0 Å². The number of benzene rings is 1. The molecule has 0 amide bonds. The minimum atomic E-state index is 0.273. The summed E-state index contributed by atoms with van der Waals surface area (Å²) >= 11 is 5.00. The zero-order valence-corrected chi connectivity index (χ0v) is 16.2. The van der Waals surface area contributed by atoms with Gasteiger partial charge in [-0.2, -0.15) is 0 Å². The minimum absolute atomic E-state index is 0.273. The number of pyridine rings is 1. The van der Waals surface area contributed by atoms with Gasteiger partial charge in [0.1, 0.15) is 0 Å². The van der Waals surface area contributed by atoms with Gasteiger partial charge in [-0.05, 0) is 58.3 Å². The monoisotopic (exact) mass is 414 g/mol. The van der Waals surface area contributed by atoms with Crippen molar-refractivity contribution in [1.29, 1.82) is 0 Å². The first kappa shape index (κ1) is 16.7. The average molecular weight is 415 g/mol. The summed E-state index contributed by atoms with van der Waals surface area (Å²) in [5, 5.41) is 3.18. The predicted molar refractivity (Wildman–Crippen MR) is 108 cm³/mol.